The summed E-state index contributed by atoms with van der Waals surface area (Å²) in [6, 6.07) is 11.1. The van der Waals surface area contributed by atoms with Crippen molar-refractivity contribution in [1.29, 1.82) is 5.26 Å². The molecule has 0 bridgehead atoms. The second kappa shape index (κ2) is 8.68. The Morgan fingerprint density at radius 3 is 2.67 bits per heavy atom. The van der Waals surface area contributed by atoms with Crippen molar-refractivity contribution >= 4 is 23.0 Å². The van der Waals surface area contributed by atoms with Crippen LogP contribution < -0.4 is 26.4 Å². The maximum Gasteiger partial charge on any atom is 0.271 e. The van der Waals surface area contributed by atoms with Crippen molar-refractivity contribution in [1.82, 2.24) is 15.6 Å². The van der Waals surface area contributed by atoms with Gasteiger partial charge < -0.3 is 25.8 Å². The van der Waals surface area contributed by atoms with Crippen LogP contribution in [0.15, 0.2) is 59.0 Å². The van der Waals surface area contributed by atoms with Gasteiger partial charge in [-0.2, -0.15) is 5.26 Å². The number of benzene rings is 1. The molecule has 4 N–H and O–H groups in total. The number of allylic oxidation sites excluding steroid dienone is 2. The van der Waals surface area contributed by atoms with Gasteiger partial charge in [0, 0.05) is 61.4 Å². The summed E-state index contributed by atoms with van der Waals surface area (Å²) in [6.45, 7) is 4.27. The van der Waals surface area contributed by atoms with Crippen molar-refractivity contribution in [2.24, 2.45) is 0 Å². The van der Waals surface area contributed by atoms with Crippen LogP contribution in [0.5, 0.6) is 0 Å². The zero-order chi connectivity index (χ0) is 20.9. The van der Waals surface area contributed by atoms with E-state index in [0.29, 0.717) is 28.9 Å². The summed E-state index contributed by atoms with van der Waals surface area (Å²) in [5, 5.41) is 18.3. The Balaban J connectivity index is 1.50. The fraction of sp³-hybridized carbons (Fsp3) is 0.227. The lowest BCUT2D eigenvalue weighted by atomic mass is 10.1. The molecule has 0 aliphatic carbocycles. The van der Waals surface area contributed by atoms with E-state index in [0.717, 1.165) is 31.9 Å². The van der Waals surface area contributed by atoms with Crippen molar-refractivity contribution in [3.8, 4) is 6.07 Å². The van der Waals surface area contributed by atoms with E-state index in [9.17, 15) is 9.59 Å². The predicted octanol–water partition coefficient (Wildman–Crippen LogP) is 1.43. The number of rotatable bonds is 4. The average Bonchev–Trinajstić information content (AvgIpc) is 2.81. The van der Waals surface area contributed by atoms with Gasteiger partial charge in [-0.15, -0.1) is 0 Å². The molecule has 0 atom stereocenters. The van der Waals surface area contributed by atoms with Gasteiger partial charge in [0.25, 0.3) is 11.5 Å². The minimum absolute atomic E-state index is 0.152. The maximum atomic E-state index is 12.7. The molecule has 8 heteroatoms. The molecular formula is C22H22N6O2. The van der Waals surface area contributed by atoms with Crippen LogP contribution in [0.4, 0.5) is 11.4 Å². The Hall–Kier alpha value is -3.83. The maximum absolute atomic E-state index is 12.7. The molecule has 8 nitrogen and oxygen atoms in total. The number of hydrogen-bond donors (Lipinski definition) is 4. The first-order chi connectivity index (χ1) is 14.6. The Bertz CT molecular complexity index is 1100. The molecule has 1 aromatic heterocycles. The summed E-state index contributed by atoms with van der Waals surface area (Å²) in [7, 11) is 0. The predicted molar refractivity (Wildman–Crippen MR) is 116 cm³/mol. The third kappa shape index (κ3) is 4.26. The molecule has 1 aromatic carbocycles. The van der Waals surface area contributed by atoms with Gasteiger partial charge in [-0.3, -0.25) is 9.59 Å². The number of nitrogens with one attached hydrogen (secondary N) is 4. The van der Waals surface area contributed by atoms with Gasteiger partial charge in [-0.25, -0.2) is 0 Å². The molecule has 3 heterocycles. The molecular weight excluding hydrogens is 380 g/mol. The highest BCUT2D eigenvalue weighted by molar-refractivity contribution is 6.04. The van der Waals surface area contributed by atoms with E-state index >= 15 is 0 Å². The van der Waals surface area contributed by atoms with Crippen LogP contribution in [-0.2, 0) is 0 Å². The quantitative estimate of drug-likeness (QED) is 0.615. The van der Waals surface area contributed by atoms with Gasteiger partial charge in [0.15, 0.2) is 0 Å². The number of dihydropyridines is 1. The van der Waals surface area contributed by atoms with Crippen molar-refractivity contribution in [3.05, 3.63) is 75.7 Å². The molecule has 0 saturated carbocycles. The molecule has 2 aliphatic rings. The molecule has 30 heavy (non-hydrogen) atoms. The van der Waals surface area contributed by atoms with Crippen LogP contribution in [0.1, 0.15) is 15.9 Å². The highest BCUT2D eigenvalue weighted by atomic mass is 16.2. The molecule has 0 radical (unpaired) electrons. The van der Waals surface area contributed by atoms with E-state index in [1.807, 2.05) is 12.1 Å². The Kier molecular flexibility index (Phi) is 5.63. The van der Waals surface area contributed by atoms with E-state index < -0.39 is 5.56 Å². The van der Waals surface area contributed by atoms with Gasteiger partial charge in [0.05, 0.1) is 11.6 Å². The zero-order valence-electron chi connectivity index (χ0n) is 16.4. The van der Waals surface area contributed by atoms with Crippen LogP contribution in [-0.4, -0.2) is 43.6 Å². The second-order valence-electron chi connectivity index (χ2n) is 7.08. The third-order valence-corrected chi connectivity index (χ3v) is 5.12. The molecule has 2 aliphatic heterocycles. The van der Waals surface area contributed by atoms with Crippen molar-refractivity contribution < 1.29 is 4.79 Å². The fourth-order valence-electron chi connectivity index (χ4n) is 3.47. The topological polar surface area (TPSA) is 113 Å². The largest absolute Gasteiger partial charge is 0.381 e. The van der Waals surface area contributed by atoms with Crippen molar-refractivity contribution in [3.63, 3.8) is 0 Å². The first kappa shape index (κ1) is 19.5. The molecule has 152 valence electrons. The van der Waals surface area contributed by atoms with E-state index in [1.54, 1.807) is 36.5 Å². The number of carbonyl (C=O) groups is 1. The number of carbonyl (C=O) groups excluding carboxylic acids is 1. The van der Waals surface area contributed by atoms with Crippen molar-refractivity contribution in [2.45, 2.75) is 0 Å². The third-order valence-electron chi connectivity index (χ3n) is 5.12. The van der Waals surface area contributed by atoms with Crippen LogP contribution in [0.25, 0.3) is 5.70 Å². The average molecular weight is 402 g/mol. The lowest BCUT2D eigenvalue weighted by molar-refractivity contribution is 0.102. The van der Waals surface area contributed by atoms with E-state index in [2.05, 4.69) is 31.9 Å². The number of anilines is 2. The van der Waals surface area contributed by atoms with Gasteiger partial charge >= 0.3 is 0 Å². The highest BCUT2D eigenvalue weighted by Crippen LogP contribution is 2.19. The zero-order valence-corrected chi connectivity index (χ0v) is 16.4. The minimum atomic E-state index is -0.392. The molecule has 0 unspecified atom stereocenters. The van der Waals surface area contributed by atoms with E-state index in [4.69, 9.17) is 5.26 Å². The summed E-state index contributed by atoms with van der Waals surface area (Å²) in [5.41, 5.74) is 3.25. The summed E-state index contributed by atoms with van der Waals surface area (Å²) in [5.74, 6) is -0.354. The first-order valence-electron chi connectivity index (χ1n) is 9.80. The van der Waals surface area contributed by atoms with Crippen LogP contribution in [0, 0.1) is 11.3 Å². The molecule has 1 amide bonds. The Labute approximate surface area is 173 Å². The number of H-pyrrole nitrogens is 1. The highest BCUT2D eigenvalue weighted by Gasteiger charge is 2.14. The van der Waals surface area contributed by atoms with Gasteiger partial charge in [-0.05, 0) is 42.5 Å². The molecule has 2 aromatic rings. The smallest absolute Gasteiger partial charge is 0.271 e. The normalized spacial score (nSPS) is 16.0. The SMILES string of the molecule is N#CC1=CCNC(c2c[nH]c(=O)c(NC(=O)c3ccc(N4CCNCC4)cc3)c2)=C1. The minimum Gasteiger partial charge on any atom is -0.381 e. The van der Waals surface area contributed by atoms with E-state index in [1.165, 1.54) is 0 Å². The number of pyridine rings is 1. The van der Waals surface area contributed by atoms with Crippen LogP contribution >= 0.6 is 0 Å². The summed E-state index contributed by atoms with van der Waals surface area (Å²) >= 11 is 0. The summed E-state index contributed by atoms with van der Waals surface area (Å²) < 4.78 is 0. The number of aromatic nitrogens is 1. The molecule has 0 spiro atoms. The molecule has 4 rings (SSSR count). The number of amides is 1. The van der Waals surface area contributed by atoms with Crippen LogP contribution in [0.2, 0.25) is 0 Å². The number of nitrogens with zero attached hydrogens (tertiary/aromatic N) is 2. The summed E-state index contributed by atoms with van der Waals surface area (Å²) in [4.78, 5) is 29.8. The number of nitriles is 1. The number of aromatic amines is 1. The first-order valence-corrected chi connectivity index (χ1v) is 9.80. The number of piperazine rings is 1. The summed E-state index contributed by atoms with van der Waals surface area (Å²) in [6.07, 6.45) is 5.04. The standard InChI is InChI=1S/C22H22N6O2/c23-13-15-5-6-25-19(11-15)17-12-20(22(30)26-14-17)27-21(29)16-1-3-18(4-2-16)28-9-7-24-8-10-28/h1-5,11-12,14,24-25H,6-10H2,(H,26,30)(H,27,29). The molecule has 1 fully saturated rings. The number of hydrogen-bond acceptors (Lipinski definition) is 6. The monoisotopic (exact) mass is 402 g/mol. The van der Waals surface area contributed by atoms with E-state index in [-0.39, 0.29) is 11.6 Å². The van der Waals surface area contributed by atoms with Gasteiger partial charge in [0.2, 0.25) is 0 Å². The fourth-order valence-corrected chi connectivity index (χ4v) is 3.47. The second-order valence-corrected chi connectivity index (χ2v) is 7.08. The van der Waals surface area contributed by atoms with Gasteiger partial charge in [0.1, 0.15) is 5.69 Å². The van der Waals surface area contributed by atoms with Gasteiger partial charge in [-0.1, -0.05) is 0 Å². The lowest BCUT2D eigenvalue weighted by Gasteiger charge is -2.29. The molecule has 1 saturated heterocycles. The Morgan fingerprint density at radius 2 is 1.93 bits per heavy atom. The van der Waals surface area contributed by atoms with Crippen LogP contribution in [0.3, 0.4) is 0 Å². The van der Waals surface area contributed by atoms with Crippen molar-refractivity contribution in [2.75, 3.05) is 42.9 Å². The lowest BCUT2D eigenvalue weighted by Crippen LogP contribution is -2.43. The Morgan fingerprint density at radius 1 is 1.17 bits per heavy atom.